The van der Waals surface area contributed by atoms with Gasteiger partial charge in [0, 0.05) is 13.0 Å². The van der Waals surface area contributed by atoms with Crippen LogP contribution in [0.5, 0.6) is 0 Å². The van der Waals surface area contributed by atoms with Gasteiger partial charge in [0.2, 0.25) is 0 Å². The van der Waals surface area contributed by atoms with Crippen LogP contribution in [-0.4, -0.2) is 19.5 Å². The Bertz CT molecular complexity index is 155. The lowest BCUT2D eigenvalue weighted by Gasteiger charge is -2.11. The molecule has 0 amide bonds. The van der Waals surface area contributed by atoms with Gasteiger partial charge in [0.1, 0.15) is 6.61 Å². The van der Waals surface area contributed by atoms with Crippen molar-refractivity contribution in [3.05, 3.63) is 0 Å². The number of hydrogen-bond acceptors (Lipinski definition) is 2. The van der Waals surface area contributed by atoms with Gasteiger partial charge < -0.3 is 9.47 Å². The van der Waals surface area contributed by atoms with E-state index in [-0.39, 0.29) is 6.29 Å². The van der Waals surface area contributed by atoms with E-state index in [0.717, 1.165) is 25.9 Å². The molecular weight excluding hydrogens is 164 g/mol. The minimum atomic E-state index is -0.127. The molecule has 0 bridgehead atoms. The second-order valence-corrected chi connectivity index (χ2v) is 2.81. The molecule has 2 heteroatoms. The van der Waals surface area contributed by atoms with E-state index in [1.54, 1.807) is 0 Å². The summed E-state index contributed by atoms with van der Waals surface area (Å²) in [6.07, 6.45) is 3.00. The molecule has 0 spiro atoms. The Kier molecular flexibility index (Phi) is 9.18. The molecule has 0 aliphatic heterocycles. The molecule has 0 rings (SSSR count). The molecule has 0 N–H and O–H groups in total. The van der Waals surface area contributed by atoms with E-state index in [1.807, 2.05) is 13.8 Å². The van der Waals surface area contributed by atoms with E-state index in [4.69, 9.17) is 9.47 Å². The second-order valence-electron chi connectivity index (χ2n) is 2.81. The van der Waals surface area contributed by atoms with Crippen molar-refractivity contribution in [1.82, 2.24) is 0 Å². The van der Waals surface area contributed by atoms with Crippen LogP contribution in [0.4, 0.5) is 0 Å². The Morgan fingerprint density at radius 3 is 2.54 bits per heavy atom. The molecule has 0 fully saturated rings. The van der Waals surface area contributed by atoms with E-state index in [2.05, 4.69) is 18.8 Å². The normalized spacial score (nSPS) is 11.9. The van der Waals surface area contributed by atoms with Crippen LogP contribution < -0.4 is 0 Å². The summed E-state index contributed by atoms with van der Waals surface area (Å²) in [5, 5.41) is 0. The van der Waals surface area contributed by atoms with Crippen molar-refractivity contribution >= 4 is 0 Å². The first kappa shape index (κ1) is 12.5. The Morgan fingerprint density at radius 2 is 1.92 bits per heavy atom. The molecule has 0 aromatic heterocycles. The van der Waals surface area contributed by atoms with Crippen LogP contribution in [0.2, 0.25) is 0 Å². The van der Waals surface area contributed by atoms with Crippen LogP contribution >= 0.6 is 0 Å². The number of unbranched alkanes of at least 4 members (excludes halogenated alkanes) is 1. The average molecular weight is 184 g/mol. The van der Waals surface area contributed by atoms with Crippen LogP contribution in [-0.2, 0) is 9.47 Å². The van der Waals surface area contributed by atoms with Gasteiger partial charge in [-0.15, -0.1) is 5.92 Å². The predicted molar refractivity (Wildman–Crippen MR) is 54.3 cm³/mol. The molecule has 1 atom stereocenters. The van der Waals surface area contributed by atoms with Crippen LogP contribution in [0.15, 0.2) is 0 Å². The maximum Gasteiger partial charge on any atom is 0.156 e. The van der Waals surface area contributed by atoms with Crippen molar-refractivity contribution < 1.29 is 9.47 Å². The van der Waals surface area contributed by atoms with Gasteiger partial charge in [-0.2, -0.15) is 0 Å². The fraction of sp³-hybridized carbons (Fsp3) is 0.818. The first-order chi connectivity index (χ1) is 6.31. The average Bonchev–Trinajstić information content (AvgIpc) is 2.13. The second kappa shape index (κ2) is 9.57. The third-order valence-electron chi connectivity index (χ3n) is 1.54. The van der Waals surface area contributed by atoms with Crippen LogP contribution in [0.25, 0.3) is 0 Å². The molecule has 0 aliphatic rings. The first-order valence-corrected chi connectivity index (χ1v) is 5.00. The van der Waals surface area contributed by atoms with Gasteiger partial charge in [-0.25, -0.2) is 0 Å². The van der Waals surface area contributed by atoms with Gasteiger partial charge in [0.05, 0.1) is 0 Å². The summed E-state index contributed by atoms with van der Waals surface area (Å²) in [4.78, 5) is 0. The molecule has 1 unspecified atom stereocenters. The van der Waals surface area contributed by atoms with Gasteiger partial charge in [-0.05, 0) is 13.3 Å². The highest BCUT2D eigenvalue weighted by Gasteiger charge is 1.98. The van der Waals surface area contributed by atoms with Crippen molar-refractivity contribution in [3.63, 3.8) is 0 Å². The molecular formula is C11H20O2. The molecule has 0 aromatic rings. The van der Waals surface area contributed by atoms with Crippen molar-refractivity contribution in [1.29, 1.82) is 0 Å². The van der Waals surface area contributed by atoms with Gasteiger partial charge in [0.25, 0.3) is 0 Å². The zero-order valence-electron chi connectivity index (χ0n) is 8.93. The zero-order valence-corrected chi connectivity index (χ0v) is 8.93. The molecule has 76 valence electrons. The maximum absolute atomic E-state index is 5.37. The van der Waals surface area contributed by atoms with Gasteiger partial charge in [-0.3, -0.25) is 0 Å². The Morgan fingerprint density at radius 1 is 1.15 bits per heavy atom. The summed E-state index contributed by atoms with van der Waals surface area (Å²) in [6, 6.07) is 0. The van der Waals surface area contributed by atoms with Gasteiger partial charge in [0.15, 0.2) is 6.29 Å². The molecule has 0 aliphatic carbocycles. The Balaban J connectivity index is 3.24. The first-order valence-electron chi connectivity index (χ1n) is 5.00. The maximum atomic E-state index is 5.37. The number of ether oxygens (including phenoxy) is 2. The van der Waals surface area contributed by atoms with E-state index in [0.29, 0.717) is 6.61 Å². The highest BCUT2D eigenvalue weighted by molar-refractivity contribution is 4.97. The monoisotopic (exact) mass is 184 g/mol. The lowest BCUT2D eigenvalue weighted by atomic mass is 10.4. The van der Waals surface area contributed by atoms with Crippen molar-refractivity contribution in [3.8, 4) is 11.8 Å². The third kappa shape index (κ3) is 9.39. The number of hydrogen-bond donors (Lipinski definition) is 0. The molecule has 0 saturated heterocycles. The molecule has 0 saturated carbocycles. The minimum Gasteiger partial charge on any atom is -0.353 e. The van der Waals surface area contributed by atoms with Crippen LogP contribution in [0.1, 0.15) is 40.0 Å². The van der Waals surface area contributed by atoms with Crippen LogP contribution in [0.3, 0.4) is 0 Å². The van der Waals surface area contributed by atoms with E-state index >= 15 is 0 Å². The molecule has 0 heterocycles. The molecule has 0 aromatic carbocycles. The van der Waals surface area contributed by atoms with E-state index in [9.17, 15) is 0 Å². The van der Waals surface area contributed by atoms with E-state index < -0.39 is 0 Å². The highest BCUT2D eigenvalue weighted by atomic mass is 16.7. The van der Waals surface area contributed by atoms with Gasteiger partial charge >= 0.3 is 0 Å². The van der Waals surface area contributed by atoms with Gasteiger partial charge in [-0.1, -0.05) is 26.2 Å². The standard InChI is InChI=1S/C11H20O2/c1-4-6-8-10-13-11(3)12-9-7-5-2/h11H,4-5,7,9-10H2,1-3H3. The third-order valence-corrected chi connectivity index (χ3v) is 1.54. The summed E-state index contributed by atoms with van der Waals surface area (Å²) in [7, 11) is 0. The topological polar surface area (TPSA) is 18.5 Å². The smallest absolute Gasteiger partial charge is 0.156 e. The molecule has 13 heavy (non-hydrogen) atoms. The Hall–Kier alpha value is -0.520. The lowest BCUT2D eigenvalue weighted by molar-refractivity contribution is -0.121. The SMILES string of the molecule is CCC#CCOC(C)OCCCC. The summed E-state index contributed by atoms with van der Waals surface area (Å²) < 4.78 is 10.7. The Labute approximate surface area is 81.6 Å². The van der Waals surface area contributed by atoms with Crippen molar-refractivity contribution in [2.75, 3.05) is 13.2 Å². The summed E-state index contributed by atoms with van der Waals surface area (Å²) in [5.74, 6) is 5.84. The fourth-order valence-corrected chi connectivity index (χ4v) is 0.777. The number of rotatable bonds is 6. The van der Waals surface area contributed by atoms with Crippen molar-refractivity contribution in [2.45, 2.75) is 46.3 Å². The summed E-state index contributed by atoms with van der Waals surface area (Å²) in [6.45, 7) is 7.32. The zero-order chi connectivity index (χ0) is 9.94. The van der Waals surface area contributed by atoms with Crippen LogP contribution in [0, 0.1) is 11.8 Å². The highest BCUT2D eigenvalue weighted by Crippen LogP contribution is 1.95. The van der Waals surface area contributed by atoms with Crippen molar-refractivity contribution in [2.24, 2.45) is 0 Å². The predicted octanol–water partition coefficient (Wildman–Crippen LogP) is 2.58. The lowest BCUT2D eigenvalue weighted by Crippen LogP contribution is -2.13. The fourth-order valence-electron chi connectivity index (χ4n) is 0.777. The largest absolute Gasteiger partial charge is 0.353 e. The summed E-state index contributed by atoms with van der Waals surface area (Å²) >= 11 is 0. The molecule has 0 radical (unpaired) electrons. The molecule has 2 nitrogen and oxygen atoms in total. The summed E-state index contributed by atoms with van der Waals surface area (Å²) in [5.41, 5.74) is 0. The quantitative estimate of drug-likeness (QED) is 0.359. The van der Waals surface area contributed by atoms with E-state index in [1.165, 1.54) is 0 Å². The minimum absolute atomic E-state index is 0.127.